The maximum Gasteiger partial charge on any atom is 0.313 e. The Labute approximate surface area is 157 Å². The Morgan fingerprint density at radius 3 is 2.54 bits per heavy atom. The minimum Gasteiger partial charge on any atom is -0.469 e. The zero-order valence-electron chi connectivity index (χ0n) is 16.8. The summed E-state index contributed by atoms with van der Waals surface area (Å²) in [6.07, 6.45) is 9.47. The van der Waals surface area contributed by atoms with E-state index in [0.29, 0.717) is 0 Å². The highest BCUT2D eigenvalue weighted by molar-refractivity contribution is 5.76. The molecule has 0 amide bonds. The monoisotopic (exact) mass is 360 g/mol. The third-order valence-corrected chi connectivity index (χ3v) is 4.62. The zero-order chi connectivity index (χ0) is 19.7. The van der Waals surface area contributed by atoms with Crippen LogP contribution in [0.4, 0.5) is 0 Å². The van der Waals surface area contributed by atoms with Gasteiger partial charge in [0.05, 0.1) is 13.0 Å². The molecule has 1 aliphatic carbocycles. The molecule has 0 radical (unpaired) electrons. The number of allylic oxidation sites excluding steroid dienone is 5. The van der Waals surface area contributed by atoms with Crippen molar-refractivity contribution in [1.29, 1.82) is 0 Å². The highest BCUT2D eigenvalue weighted by atomic mass is 16.5. The molecule has 0 saturated heterocycles. The summed E-state index contributed by atoms with van der Waals surface area (Å²) in [7, 11) is 1.41. The zero-order valence-corrected chi connectivity index (χ0v) is 16.8. The second-order valence-electron chi connectivity index (χ2n) is 7.14. The van der Waals surface area contributed by atoms with E-state index in [-0.39, 0.29) is 24.5 Å². The topological polar surface area (TPSA) is 52.6 Å². The van der Waals surface area contributed by atoms with Crippen LogP contribution in [0.25, 0.3) is 0 Å². The molecule has 0 bridgehead atoms. The number of hydrogen-bond donors (Lipinski definition) is 0. The average Bonchev–Trinajstić information content (AvgIpc) is 2.55. The van der Waals surface area contributed by atoms with Crippen LogP contribution in [0.2, 0.25) is 0 Å². The van der Waals surface area contributed by atoms with Crippen molar-refractivity contribution in [2.45, 2.75) is 53.4 Å². The molecule has 0 spiro atoms. The Kier molecular flexibility index (Phi) is 9.11. The van der Waals surface area contributed by atoms with Crippen LogP contribution in [-0.2, 0) is 19.1 Å². The maximum absolute atomic E-state index is 12.5. The summed E-state index contributed by atoms with van der Waals surface area (Å²) < 4.78 is 10.4. The summed E-state index contributed by atoms with van der Waals surface area (Å²) in [5, 5.41) is 0. The molecule has 0 aromatic heterocycles. The number of carbonyl (C=O) groups is 2. The van der Waals surface area contributed by atoms with Gasteiger partial charge in [0.25, 0.3) is 0 Å². The lowest BCUT2D eigenvalue weighted by molar-refractivity contribution is -0.145. The van der Waals surface area contributed by atoms with Gasteiger partial charge < -0.3 is 9.47 Å². The van der Waals surface area contributed by atoms with Gasteiger partial charge in [0, 0.05) is 12.8 Å². The Morgan fingerprint density at radius 2 is 1.96 bits per heavy atom. The van der Waals surface area contributed by atoms with Crippen LogP contribution < -0.4 is 0 Å². The number of hydrogen-bond acceptors (Lipinski definition) is 4. The molecule has 0 unspecified atom stereocenters. The largest absolute Gasteiger partial charge is 0.469 e. The minimum absolute atomic E-state index is 0.114. The van der Waals surface area contributed by atoms with Crippen LogP contribution in [0.5, 0.6) is 0 Å². The van der Waals surface area contributed by atoms with Crippen LogP contribution in [0.1, 0.15) is 53.4 Å². The Balaban J connectivity index is 3.30. The van der Waals surface area contributed by atoms with Crippen LogP contribution in [0, 0.1) is 11.8 Å². The summed E-state index contributed by atoms with van der Waals surface area (Å²) >= 11 is 0. The van der Waals surface area contributed by atoms with Crippen molar-refractivity contribution in [3.05, 3.63) is 47.1 Å². The van der Waals surface area contributed by atoms with Gasteiger partial charge in [-0.3, -0.25) is 9.59 Å². The normalized spacial score (nSPS) is 23.2. The lowest BCUT2D eigenvalue weighted by atomic mass is 9.75. The standard InChI is InChI=1S/C22H32O4/c1-15(2)9-7-12-19(14-26-18(5)23)20-13-16(3)10-8-11-17(4)21(20)22(24)25-6/h9-10,12,20-21H,4,7-8,11,13-14H2,1-3,5-6H3/b16-10+,19-12-/t20-,21+/m1/s1. The maximum atomic E-state index is 12.5. The second kappa shape index (κ2) is 10.8. The van der Waals surface area contributed by atoms with Gasteiger partial charge in [-0.05, 0) is 52.0 Å². The fourth-order valence-corrected chi connectivity index (χ4v) is 3.24. The van der Waals surface area contributed by atoms with Crippen LogP contribution in [0.15, 0.2) is 47.1 Å². The molecular weight excluding hydrogens is 328 g/mol. The molecule has 0 aliphatic heterocycles. The van der Waals surface area contributed by atoms with Crippen LogP contribution >= 0.6 is 0 Å². The molecule has 26 heavy (non-hydrogen) atoms. The third-order valence-electron chi connectivity index (χ3n) is 4.62. The Hall–Kier alpha value is -2.10. The molecule has 1 aliphatic rings. The Morgan fingerprint density at radius 1 is 1.27 bits per heavy atom. The predicted octanol–water partition coefficient (Wildman–Crippen LogP) is 4.92. The molecule has 4 nitrogen and oxygen atoms in total. The fraction of sp³-hybridized carbons (Fsp3) is 0.545. The van der Waals surface area contributed by atoms with Crippen LogP contribution in [-0.4, -0.2) is 25.7 Å². The van der Waals surface area contributed by atoms with E-state index >= 15 is 0 Å². The first-order chi connectivity index (χ1) is 12.3. The summed E-state index contributed by atoms with van der Waals surface area (Å²) in [5.41, 5.74) is 4.27. The van der Waals surface area contributed by atoms with E-state index in [1.54, 1.807) is 0 Å². The van der Waals surface area contributed by atoms with Crippen molar-refractivity contribution in [2.24, 2.45) is 11.8 Å². The first-order valence-electron chi connectivity index (χ1n) is 9.13. The molecule has 0 aromatic rings. The average molecular weight is 360 g/mol. The molecule has 2 atom stereocenters. The third kappa shape index (κ3) is 7.03. The molecule has 0 fully saturated rings. The first kappa shape index (κ1) is 21.9. The van der Waals surface area contributed by atoms with E-state index < -0.39 is 5.92 Å². The second-order valence-corrected chi connectivity index (χ2v) is 7.14. The molecular formula is C22H32O4. The van der Waals surface area contributed by atoms with Crippen molar-refractivity contribution in [2.75, 3.05) is 13.7 Å². The van der Waals surface area contributed by atoms with Gasteiger partial charge in [0.15, 0.2) is 0 Å². The molecule has 0 N–H and O–H groups in total. The van der Waals surface area contributed by atoms with E-state index in [1.807, 2.05) is 13.8 Å². The van der Waals surface area contributed by atoms with Gasteiger partial charge in [0.2, 0.25) is 0 Å². The lowest BCUT2D eigenvalue weighted by Gasteiger charge is -2.31. The van der Waals surface area contributed by atoms with E-state index in [0.717, 1.165) is 36.8 Å². The molecule has 0 heterocycles. The Bertz CT molecular complexity index is 618. The molecule has 1 rings (SSSR count). The molecule has 144 valence electrons. The molecule has 4 heteroatoms. The van der Waals surface area contributed by atoms with Crippen LogP contribution in [0.3, 0.4) is 0 Å². The number of methoxy groups -OCH3 is 1. The van der Waals surface area contributed by atoms with Crippen molar-refractivity contribution < 1.29 is 19.1 Å². The highest BCUT2D eigenvalue weighted by Crippen LogP contribution is 2.37. The predicted molar refractivity (Wildman–Crippen MR) is 105 cm³/mol. The van der Waals surface area contributed by atoms with Crippen molar-refractivity contribution in [3.8, 4) is 0 Å². The van der Waals surface area contributed by atoms with E-state index in [9.17, 15) is 9.59 Å². The smallest absolute Gasteiger partial charge is 0.313 e. The van der Waals surface area contributed by atoms with Gasteiger partial charge in [-0.1, -0.05) is 41.5 Å². The van der Waals surface area contributed by atoms with Gasteiger partial charge in [-0.15, -0.1) is 0 Å². The molecule has 0 saturated carbocycles. The summed E-state index contributed by atoms with van der Waals surface area (Å²) in [6.45, 7) is 11.9. The van der Waals surface area contributed by atoms with Crippen molar-refractivity contribution >= 4 is 11.9 Å². The van der Waals surface area contributed by atoms with Gasteiger partial charge >= 0.3 is 11.9 Å². The summed E-state index contributed by atoms with van der Waals surface area (Å²) in [6, 6.07) is 0. The number of rotatable bonds is 6. The summed E-state index contributed by atoms with van der Waals surface area (Å²) in [4.78, 5) is 23.9. The first-order valence-corrected chi connectivity index (χ1v) is 9.13. The van der Waals surface area contributed by atoms with Gasteiger partial charge in [0.1, 0.15) is 6.61 Å². The quantitative estimate of drug-likeness (QED) is 0.498. The SMILES string of the molecule is C=C1CC/C=C(\C)C[C@H](/C(=C\CC=C(C)C)COC(C)=O)[C@H]1C(=O)OC. The number of esters is 2. The van der Waals surface area contributed by atoms with Gasteiger partial charge in [-0.25, -0.2) is 0 Å². The van der Waals surface area contributed by atoms with E-state index in [1.165, 1.54) is 25.2 Å². The van der Waals surface area contributed by atoms with Gasteiger partial charge in [-0.2, -0.15) is 0 Å². The summed E-state index contributed by atoms with van der Waals surface area (Å²) in [5.74, 6) is -1.14. The van der Waals surface area contributed by atoms with E-state index in [2.05, 4.69) is 31.7 Å². The number of ether oxygens (including phenoxy) is 2. The van der Waals surface area contributed by atoms with E-state index in [4.69, 9.17) is 9.47 Å². The van der Waals surface area contributed by atoms with Crippen molar-refractivity contribution in [3.63, 3.8) is 0 Å². The fourth-order valence-electron chi connectivity index (χ4n) is 3.24. The molecule has 0 aromatic carbocycles. The number of carbonyl (C=O) groups excluding carboxylic acids is 2. The highest BCUT2D eigenvalue weighted by Gasteiger charge is 2.34. The lowest BCUT2D eigenvalue weighted by Crippen LogP contribution is -2.30. The van der Waals surface area contributed by atoms with Crippen molar-refractivity contribution in [1.82, 2.24) is 0 Å². The minimum atomic E-state index is -0.419.